The molecule has 0 bridgehead atoms. The second kappa shape index (κ2) is 7.95. The highest BCUT2D eigenvalue weighted by molar-refractivity contribution is 5.24. The van der Waals surface area contributed by atoms with Gasteiger partial charge in [0.25, 0.3) is 0 Å². The maximum absolute atomic E-state index is 3.66. The van der Waals surface area contributed by atoms with Gasteiger partial charge in [-0.3, -0.25) is 4.90 Å². The van der Waals surface area contributed by atoms with Gasteiger partial charge < -0.3 is 5.32 Å². The van der Waals surface area contributed by atoms with E-state index in [2.05, 4.69) is 62.2 Å². The van der Waals surface area contributed by atoms with Gasteiger partial charge in [0.2, 0.25) is 0 Å². The van der Waals surface area contributed by atoms with Crippen LogP contribution in [0, 0.1) is 12.8 Å². The van der Waals surface area contributed by atoms with Crippen molar-refractivity contribution < 1.29 is 0 Å². The van der Waals surface area contributed by atoms with E-state index in [0.717, 1.165) is 0 Å². The zero-order valence-corrected chi connectivity index (χ0v) is 14.2. The molecule has 2 atom stereocenters. The van der Waals surface area contributed by atoms with Gasteiger partial charge in [-0.1, -0.05) is 50.6 Å². The number of aryl methyl sites for hydroxylation is 1. The topological polar surface area (TPSA) is 15.3 Å². The Kier molecular flexibility index (Phi) is 6.25. The highest BCUT2D eigenvalue weighted by Crippen LogP contribution is 2.26. The van der Waals surface area contributed by atoms with Crippen LogP contribution in [0.25, 0.3) is 0 Å². The second-order valence-corrected chi connectivity index (χ2v) is 6.98. The minimum atomic E-state index is 0.551. The summed E-state index contributed by atoms with van der Waals surface area (Å²) in [4.78, 5) is 2.71. The van der Waals surface area contributed by atoms with Gasteiger partial charge >= 0.3 is 0 Å². The lowest BCUT2D eigenvalue weighted by Gasteiger charge is -2.35. The van der Waals surface area contributed by atoms with Crippen LogP contribution in [0.15, 0.2) is 24.3 Å². The molecular weight excluding hydrogens is 256 g/mol. The first kappa shape index (κ1) is 16.5. The van der Waals surface area contributed by atoms with Gasteiger partial charge in [-0.15, -0.1) is 0 Å². The molecule has 21 heavy (non-hydrogen) atoms. The lowest BCUT2D eigenvalue weighted by atomic mass is 9.99. The highest BCUT2D eigenvalue weighted by atomic mass is 15.2. The van der Waals surface area contributed by atoms with Gasteiger partial charge in [0, 0.05) is 25.2 Å². The second-order valence-electron chi connectivity index (χ2n) is 6.98. The highest BCUT2D eigenvalue weighted by Gasteiger charge is 2.24. The van der Waals surface area contributed by atoms with Crippen molar-refractivity contribution in [3.63, 3.8) is 0 Å². The largest absolute Gasteiger partial charge is 0.313 e. The van der Waals surface area contributed by atoms with Crippen molar-refractivity contribution in [1.29, 1.82) is 0 Å². The predicted octanol–water partition coefficient (Wildman–Crippen LogP) is 4.16. The Hall–Kier alpha value is -0.860. The smallest absolute Gasteiger partial charge is 0.0346 e. The molecule has 1 aliphatic rings. The average Bonchev–Trinajstić information content (AvgIpc) is 2.94. The fraction of sp³-hybridized carbons (Fsp3) is 0.684. The Morgan fingerprint density at radius 1 is 1.24 bits per heavy atom. The van der Waals surface area contributed by atoms with E-state index in [1.165, 1.54) is 50.0 Å². The van der Waals surface area contributed by atoms with Crippen molar-refractivity contribution >= 4 is 0 Å². The monoisotopic (exact) mass is 288 g/mol. The molecule has 0 aliphatic carbocycles. The fourth-order valence-corrected chi connectivity index (χ4v) is 3.49. The van der Waals surface area contributed by atoms with Gasteiger partial charge in [-0.2, -0.15) is 0 Å². The zero-order valence-electron chi connectivity index (χ0n) is 14.2. The van der Waals surface area contributed by atoms with E-state index in [1.807, 2.05) is 0 Å². The quantitative estimate of drug-likeness (QED) is 0.810. The van der Waals surface area contributed by atoms with Crippen LogP contribution in [0.3, 0.4) is 0 Å². The Labute approximate surface area is 130 Å². The number of nitrogens with zero attached hydrogens (tertiary/aromatic N) is 1. The first-order valence-corrected chi connectivity index (χ1v) is 8.64. The summed E-state index contributed by atoms with van der Waals surface area (Å²) < 4.78 is 0. The van der Waals surface area contributed by atoms with Crippen LogP contribution in [0.4, 0.5) is 0 Å². The van der Waals surface area contributed by atoms with E-state index >= 15 is 0 Å². The summed E-state index contributed by atoms with van der Waals surface area (Å²) in [6.07, 6.45) is 3.85. The summed E-state index contributed by atoms with van der Waals surface area (Å²) in [5, 5.41) is 3.66. The van der Waals surface area contributed by atoms with Crippen molar-refractivity contribution in [3.8, 4) is 0 Å². The Morgan fingerprint density at radius 2 is 1.95 bits per heavy atom. The molecule has 1 aromatic rings. The Balaban J connectivity index is 2.12. The summed E-state index contributed by atoms with van der Waals surface area (Å²) in [6, 6.07) is 10.4. The van der Waals surface area contributed by atoms with Crippen LogP contribution in [0.2, 0.25) is 0 Å². The lowest BCUT2D eigenvalue weighted by molar-refractivity contribution is 0.156. The molecule has 118 valence electrons. The Bertz CT molecular complexity index is 404. The van der Waals surface area contributed by atoms with E-state index in [1.54, 1.807) is 0 Å². The molecule has 2 nitrogen and oxygen atoms in total. The molecule has 2 rings (SSSR count). The maximum Gasteiger partial charge on any atom is 0.0346 e. The van der Waals surface area contributed by atoms with Gasteiger partial charge in [0.05, 0.1) is 0 Å². The van der Waals surface area contributed by atoms with Crippen LogP contribution in [-0.4, -0.2) is 30.6 Å². The fourth-order valence-electron chi connectivity index (χ4n) is 3.49. The van der Waals surface area contributed by atoms with E-state index in [-0.39, 0.29) is 0 Å². The van der Waals surface area contributed by atoms with Crippen molar-refractivity contribution in [2.75, 3.05) is 19.6 Å². The third kappa shape index (κ3) is 4.82. The summed E-state index contributed by atoms with van der Waals surface area (Å²) >= 11 is 0. The maximum atomic E-state index is 3.66. The lowest BCUT2D eigenvalue weighted by Crippen LogP contribution is -2.41. The molecule has 0 spiro atoms. The van der Waals surface area contributed by atoms with Crippen LogP contribution in [0.1, 0.15) is 57.2 Å². The number of rotatable bonds is 7. The molecule has 0 saturated carbocycles. The summed E-state index contributed by atoms with van der Waals surface area (Å²) in [6.45, 7) is 12.7. The van der Waals surface area contributed by atoms with Crippen molar-refractivity contribution in [1.82, 2.24) is 10.2 Å². The number of benzene rings is 1. The predicted molar refractivity (Wildman–Crippen MR) is 91.6 cm³/mol. The molecule has 1 fully saturated rings. The van der Waals surface area contributed by atoms with Crippen LogP contribution >= 0.6 is 0 Å². The van der Waals surface area contributed by atoms with Gasteiger partial charge in [-0.05, 0) is 44.2 Å². The van der Waals surface area contributed by atoms with E-state index < -0.39 is 0 Å². The molecule has 1 aromatic carbocycles. The van der Waals surface area contributed by atoms with Crippen molar-refractivity contribution in [2.24, 2.45) is 5.92 Å². The first-order valence-electron chi connectivity index (χ1n) is 8.64. The molecule has 1 saturated heterocycles. The molecule has 2 unspecified atom stereocenters. The van der Waals surface area contributed by atoms with Crippen molar-refractivity contribution in [2.45, 2.75) is 59.0 Å². The summed E-state index contributed by atoms with van der Waals surface area (Å²) in [5.41, 5.74) is 2.82. The molecule has 1 aliphatic heterocycles. The molecular formula is C19H32N2. The normalized spacial score (nSPS) is 20.4. The summed E-state index contributed by atoms with van der Waals surface area (Å²) in [5.74, 6) is 0.714. The molecule has 2 heteroatoms. The third-order valence-corrected chi connectivity index (χ3v) is 4.51. The molecule has 0 amide bonds. The van der Waals surface area contributed by atoms with Crippen LogP contribution < -0.4 is 5.32 Å². The van der Waals surface area contributed by atoms with Gasteiger partial charge in [-0.25, -0.2) is 0 Å². The van der Waals surface area contributed by atoms with E-state index in [9.17, 15) is 0 Å². The van der Waals surface area contributed by atoms with E-state index in [4.69, 9.17) is 0 Å². The standard InChI is InChI=1S/C19H32N2/c1-5-19(17-10-8-16(4)9-11-17)21(13-15(2)3)14-18-7-6-12-20-18/h8-11,15,18-20H,5-7,12-14H2,1-4H3. The SMILES string of the molecule is CCC(c1ccc(C)cc1)N(CC(C)C)CC1CCCN1. The van der Waals surface area contributed by atoms with Gasteiger partial charge in [0.15, 0.2) is 0 Å². The summed E-state index contributed by atoms with van der Waals surface area (Å²) in [7, 11) is 0. The molecule has 0 radical (unpaired) electrons. The zero-order chi connectivity index (χ0) is 15.2. The van der Waals surface area contributed by atoms with Crippen LogP contribution in [-0.2, 0) is 0 Å². The van der Waals surface area contributed by atoms with E-state index in [0.29, 0.717) is 18.0 Å². The van der Waals surface area contributed by atoms with Gasteiger partial charge in [0.1, 0.15) is 0 Å². The molecule has 1 N–H and O–H groups in total. The average molecular weight is 288 g/mol. The number of nitrogens with one attached hydrogen (secondary N) is 1. The Morgan fingerprint density at radius 3 is 2.48 bits per heavy atom. The first-order chi connectivity index (χ1) is 10.1. The number of hydrogen-bond donors (Lipinski definition) is 1. The third-order valence-electron chi connectivity index (χ3n) is 4.51. The van der Waals surface area contributed by atoms with Crippen molar-refractivity contribution in [3.05, 3.63) is 35.4 Å². The minimum absolute atomic E-state index is 0.551. The number of hydrogen-bond acceptors (Lipinski definition) is 2. The minimum Gasteiger partial charge on any atom is -0.313 e. The molecule has 0 aromatic heterocycles. The van der Waals surface area contributed by atoms with Crippen LogP contribution in [0.5, 0.6) is 0 Å². The molecule has 1 heterocycles.